The Morgan fingerprint density at radius 1 is 0.977 bits per heavy atom. The quantitative estimate of drug-likeness (QED) is 0.322. The van der Waals surface area contributed by atoms with Crippen LogP contribution in [-0.2, 0) is 32.8 Å². The fourth-order valence-electron chi connectivity index (χ4n) is 6.02. The van der Waals surface area contributed by atoms with E-state index in [1.807, 2.05) is 91.0 Å². The summed E-state index contributed by atoms with van der Waals surface area (Å²) in [5, 5.41) is 15.3. The van der Waals surface area contributed by atoms with Crippen molar-refractivity contribution in [1.29, 1.82) is 5.26 Å². The van der Waals surface area contributed by atoms with Crippen molar-refractivity contribution in [3.8, 4) is 11.9 Å². The number of fused-ring (bicyclic) bond motifs is 2. The Bertz CT molecular complexity index is 1820. The van der Waals surface area contributed by atoms with Crippen LogP contribution in [0.3, 0.4) is 0 Å². The topological polar surface area (TPSA) is 123 Å². The standard InChI is InChI=1S/C34H29N5O4/c1-3-42-32(40)28-29(25-17-11-6-12-18-25)38(20-23-13-7-4-8-14-23)33(41)34(28)26(19-35)30(36)43-31-27(34)22(2)37-39(31)21-24-15-9-5-10-16-24/h4-18H,3,20-21,36H2,1-2H3. The number of ether oxygens (including phenoxy) is 2. The minimum atomic E-state index is -1.95. The molecule has 0 aliphatic carbocycles. The molecule has 6 rings (SSSR count). The lowest BCUT2D eigenvalue weighted by Crippen LogP contribution is -2.47. The van der Waals surface area contributed by atoms with Gasteiger partial charge in [-0.25, -0.2) is 9.48 Å². The SMILES string of the molecule is CCOC(=O)C1=C(c2ccccc2)N(Cc2ccccc2)C(=O)C12C(C#N)=C(N)Oc1c2c(C)nn1Cc1ccccc1. The van der Waals surface area contributed by atoms with Crippen molar-refractivity contribution in [3.63, 3.8) is 0 Å². The average molecular weight is 572 g/mol. The van der Waals surface area contributed by atoms with Crippen LogP contribution in [0.2, 0.25) is 0 Å². The Morgan fingerprint density at radius 3 is 2.14 bits per heavy atom. The first-order valence-corrected chi connectivity index (χ1v) is 13.9. The maximum absolute atomic E-state index is 15.1. The molecular formula is C34H29N5O4. The smallest absolute Gasteiger partial charge is 0.337 e. The van der Waals surface area contributed by atoms with Crippen LogP contribution < -0.4 is 10.5 Å². The lowest BCUT2D eigenvalue weighted by Gasteiger charge is -2.34. The summed E-state index contributed by atoms with van der Waals surface area (Å²) in [6.07, 6.45) is 0. The number of nitrogens with zero attached hydrogens (tertiary/aromatic N) is 4. The maximum Gasteiger partial charge on any atom is 0.337 e. The summed E-state index contributed by atoms with van der Waals surface area (Å²) in [4.78, 5) is 30.8. The molecule has 3 aromatic carbocycles. The molecule has 3 heterocycles. The number of hydrogen-bond acceptors (Lipinski definition) is 7. The van der Waals surface area contributed by atoms with E-state index in [9.17, 15) is 10.1 Å². The predicted octanol–water partition coefficient (Wildman–Crippen LogP) is 4.58. The maximum atomic E-state index is 15.1. The fourth-order valence-corrected chi connectivity index (χ4v) is 6.02. The number of aryl methyl sites for hydroxylation is 1. The van der Waals surface area contributed by atoms with E-state index in [0.29, 0.717) is 29.1 Å². The molecule has 0 bridgehead atoms. The molecule has 2 aliphatic rings. The Labute approximate surface area is 249 Å². The Hall–Kier alpha value is -5.62. The number of amides is 1. The number of carbonyl (C=O) groups is 2. The lowest BCUT2D eigenvalue weighted by atomic mass is 9.68. The summed E-state index contributed by atoms with van der Waals surface area (Å²) >= 11 is 0. The van der Waals surface area contributed by atoms with Crippen molar-refractivity contribution in [2.75, 3.05) is 6.61 Å². The second-order valence-electron chi connectivity index (χ2n) is 10.3. The van der Waals surface area contributed by atoms with E-state index in [-0.39, 0.29) is 36.1 Å². The van der Waals surface area contributed by atoms with E-state index in [0.717, 1.165) is 11.1 Å². The van der Waals surface area contributed by atoms with Gasteiger partial charge in [0.05, 0.1) is 42.2 Å². The van der Waals surface area contributed by atoms with E-state index in [2.05, 4.69) is 6.07 Å². The molecule has 1 aromatic heterocycles. The van der Waals surface area contributed by atoms with Crippen molar-refractivity contribution in [1.82, 2.24) is 14.7 Å². The predicted molar refractivity (Wildman–Crippen MR) is 159 cm³/mol. The molecular weight excluding hydrogens is 542 g/mol. The average Bonchev–Trinajstić information content (AvgIpc) is 3.45. The Morgan fingerprint density at radius 2 is 1.56 bits per heavy atom. The van der Waals surface area contributed by atoms with Gasteiger partial charge in [-0.15, -0.1) is 0 Å². The summed E-state index contributed by atoms with van der Waals surface area (Å²) in [5.41, 5.74) is 7.80. The van der Waals surface area contributed by atoms with Gasteiger partial charge < -0.3 is 20.1 Å². The molecule has 2 aliphatic heterocycles. The number of hydrogen-bond donors (Lipinski definition) is 1. The van der Waals surface area contributed by atoms with E-state index in [1.165, 1.54) is 0 Å². The number of esters is 1. The first-order chi connectivity index (χ1) is 20.9. The molecule has 0 fully saturated rings. The van der Waals surface area contributed by atoms with Gasteiger partial charge in [0.15, 0.2) is 5.41 Å². The van der Waals surface area contributed by atoms with Crippen LogP contribution in [0.5, 0.6) is 5.88 Å². The zero-order valence-electron chi connectivity index (χ0n) is 23.8. The highest BCUT2D eigenvalue weighted by atomic mass is 16.5. The molecule has 0 saturated heterocycles. The van der Waals surface area contributed by atoms with Crippen LogP contribution in [-0.4, -0.2) is 33.2 Å². The van der Waals surface area contributed by atoms with Gasteiger partial charge in [0, 0.05) is 0 Å². The molecule has 0 saturated carbocycles. The van der Waals surface area contributed by atoms with Gasteiger partial charge in [-0.2, -0.15) is 10.4 Å². The third-order valence-corrected chi connectivity index (χ3v) is 7.73. The molecule has 1 spiro atoms. The van der Waals surface area contributed by atoms with Gasteiger partial charge in [0.2, 0.25) is 17.7 Å². The summed E-state index contributed by atoms with van der Waals surface area (Å²) < 4.78 is 13.3. The highest BCUT2D eigenvalue weighted by molar-refractivity contribution is 6.19. The number of benzene rings is 3. The third kappa shape index (κ3) is 4.35. The van der Waals surface area contributed by atoms with Crippen LogP contribution in [0.15, 0.2) is 108 Å². The first kappa shape index (κ1) is 27.5. The van der Waals surface area contributed by atoms with E-state index >= 15 is 4.79 Å². The molecule has 1 atom stereocenters. The zero-order valence-corrected chi connectivity index (χ0v) is 23.8. The van der Waals surface area contributed by atoms with Crippen molar-refractivity contribution in [2.45, 2.75) is 32.4 Å². The van der Waals surface area contributed by atoms with Crippen molar-refractivity contribution in [2.24, 2.45) is 5.73 Å². The first-order valence-electron chi connectivity index (χ1n) is 13.9. The van der Waals surface area contributed by atoms with E-state index in [1.54, 1.807) is 23.4 Å². The van der Waals surface area contributed by atoms with Crippen LogP contribution in [0.25, 0.3) is 5.70 Å². The number of carbonyl (C=O) groups excluding carboxylic acids is 2. The molecule has 2 N–H and O–H groups in total. The van der Waals surface area contributed by atoms with Crippen LogP contribution in [0.4, 0.5) is 0 Å². The molecule has 9 nitrogen and oxygen atoms in total. The van der Waals surface area contributed by atoms with Gasteiger partial charge in [-0.3, -0.25) is 4.79 Å². The molecule has 214 valence electrons. The number of nitriles is 1. The fraction of sp³-hybridized carbons (Fsp3) is 0.176. The molecule has 0 radical (unpaired) electrons. The monoisotopic (exact) mass is 571 g/mol. The zero-order chi connectivity index (χ0) is 30.1. The summed E-state index contributed by atoms with van der Waals surface area (Å²) in [6, 6.07) is 30.4. The van der Waals surface area contributed by atoms with Crippen LogP contribution >= 0.6 is 0 Å². The molecule has 4 aromatic rings. The van der Waals surface area contributed by atoms with Gasteiger partial charge in [-0.05, 0) is 30.5 Å². The Balaban J connectivity index is 1.69. The van der Waals surface area contributed by atoms with Crippen LogP contribution in [0.1, 0.15) is 34.9 Å². The van der Waals surface area contributed by atoms with E-state index in [4.69, 9.17) is 20.3 Å². The second-order valence-corrected chi connectivity index (χ2v) is 10.3. The molecule has 1 amide bonds. The summed E-state index contributed by atoms with van der Waals surface area (Å²) in [5.74, 6) is -1.31. The van der Waals surface area contributed by atoms with Crippen LogP contribution in [0, 0.1) is 18.3 Å². The Kier molecular flexibility index (Phi) is 7.04. The molecule has 9 heteroatoms. The second kappa shape index (κ2) is 11.0. The summed E-state index contributed by atoms with van der Waals surface area (Å²) in [7, 11) is 0. The van der Waals surface area contributed by atoms with Crippen molar-refractivity contribution >= 4 is 17.6 Å². The summed E-state index contributed by atoms with van der Waals surface area (Å²) in [6.45, 7) is 3.94. The van der Waals surface area contributed by atoms with Crippen molar-refractivity contribution in [3.05, 3.63) is 136 Å². The van der Waals surface area contributed by atoms with Gasteiger partial charge in [-0.1, -0.05) is 91.0 Å². The van der Waals surface area contributed by atoms with E-state index < -0.39 is 17.3 Å². The highest BCUT2D eigenvalue weighted by Gasteiger charge is 2.64. The molecule has 43 heavy (non-hydrogen) atoms. The molecule has 1 unspecified atom stereocenters. The third-order valence-electron chi connectivity index (χ3n) is 7.73. The normalized spacial score (nSPS) is 17.6. The number of aromatic nitrogens is 2. The largest absolute Gasteiger partial charge is 0.463 e. The van der Waals surface area contributed by atoms with Gasteiger partial charge >= 0.3 is 5.97 Å². The minimum absolute atomic E-state index is 0.00731. The van der Waals surface area contributed by atoms with Crippen molar-refractivity contribution < 1.29 is 19.1 Å². The number of nitrogens with two attached hydrogens (primary N) is 1. The number of rotatable bonds is 7. The van der Waals surface area contributed by atoms with Gasteiger partial charge in [0.1, 0.15) is 11.6 Å². The lowest BCUT2D eigenvalue weighted by molar-refractivity contribution is -0.140. The van der Waals surface area contributed by atoms with Gasteiger partial charge in [0.25, 0.3) is 0 Å². The highest BCUT2D eigenvalue weighted by Crippen LogP contribution is 2.57. The minimum Gasteiger partial charge on any atom is -0.463 e.